The zero-order chi connectivity index (χ0) is 13.2. The molecular formula is C15H19NO3. The first kappa shape index (κ1) is 12.4. The van der Waals surface area contributed by atoms with Crippen molar-refractivity contribution in [3.05, 3.63) is 23.9 Å². The third kappa shape index (κ3) is 2.16. The minimum Gasteiger partial charge on any atom is -0.486 e. The van der Waals surface area contributed by atoms with E-state index < -0.39 is 0 Å². The van der Waals surface area contributed by atoms with Crippen molar-refractivity contribution in [2.45, 2.75) is 26.3 Å². The molecule has 0 aliphatic carbocycles. The van der Waals surface area contributed by atoms with Crippen molar-refractivity contribution in [3.63, 3.8) is 0 Å². The number of aliphatic hydroxyl groups is 1. The van der Waals surface area contributed by atoms with Gasteiger partial charge in [0.1, 0.15) is 13.2 Å². The first-order valence-corrected chi connectivity index (χ1v) is 6.85. The Morgan fingerprint density at radius 3 is 2.63 bits per heavy atom. The summed E-state index contributed by atoms with van der Waals surface area (Å²) < 4.78 is 13.5. The molecule has 0 saturated carbocycles. The van der Waals surface area contributed by atoms with E-state index in [-0.39, 0.29) is 6.61 Å². The molecular weight excluding hydrogens is 242 g/mol. The van der Waals surface area contributed by atoms with Crippen molar-refractivity contribution >= 4 is 10.9 Å². The topological polar surface area (TPSA) is 43.6 Å². The Morgan fingerprint density at radius 2 is 1.95 bits per heavy atom. The van der Waals surface area contributed by atoms with Crippen LogP contribution in [0.2, 0.25) is 0 Å². The van der Waals surface area contributed by atoms with E-state index in [0.29, 0.717) is 13.2 Å². The summed E-state index contributed by atoms with van der Waals surface area (Å²) in [6.45, 7) is 4.51. The molecule has 4 nitrogen and oxygen atoms in total. The molecule has 1 aliphatic rings. The molecule has 1 N–H and O–H groups in total. The second kappa shape index (κ2) is 5.13. The number of aryl methyl sites for hydroxylation is 2. The Labute approximate surface area is 112 Å². The maximum Gasteiger partial charge on any atom is 0.163 e. The van der Waals surface area contributed by atoms with E-state index >= 15 is 0 Å². The molecule has 0 saturated heterocycles. The van der Waals surface area contributed by atoms with Crippen LogP contribution in [0.25, 0.3) is 10.9 Å². The lowest BCUT2D eigenvalue weighted by molar-refractivity contribution is 0.172. The third-order valence-electron chi connectivity index (χ3n) is 3.57. The summed E-state index contributed by atoms with van der Waals surface area (Å²) in [5.41, 5.74) is 2.45. The summed E-state index contributed by atoms with van der Waals surface area (Å²) in [6.07, 6.45) is 3.85. The summed E-state index contributed by atoms with van der Waals surface area (Å²) in [7, 11) is 0. The van der Waals surface area contributed by atoms with Gasteiger partial charge in [-0.05, 0) is 31.4 Å². The molecule has 1 aliphatic heterocycles. The molecule has 1 aromatic carbocycles. The second-order valence-electron chi connectivity index (χ2n) is 4.78. The zero-order valence-electron chi connectivity index (χ0n) is 11.2. The summed E-state index contributed by atoms with van der Waals surface area (Å²) in [5.74, 6) is 1.66. The van der Waals surface area contributed by atoms with Gasteiger partial charge in [-0.1, -0.05) is 0 Å². The number of hydrogen-bond acceptors (Lipinski definition) is 3. The van der Waals surface area contributed by atoms with Crippen LogP contribution in [0.1, 0.15) is 18.9 Å². The number of aromatic nitrogens is 1. The molecule has 0 amide bonds. The SMILES string of the molecule is CCn1cc(CCCO)c2cc3c(cc21)OCCO3. The molecule has 0 unspecified atom stereocenters. The highest BCUT2D eigenvalue weighted by Crippen LogP contribution is 2.36. The van der Waals surface area contributed by atoms with Crippen molar-refractivity contribution in [1.82, 2.24) is 4.57 Å². The number of benzene rings is 1. The Kier molecular flexibility index (Phi) is 3.34. The first-order valence-electron chi connectivity index (χ1n) is 6.85. The maximum atomic E-state index is 9.00. The van der Waals surface area contributed by atoms with Gasteiger partial charge >= 0.3 is 0 Å². The van der Waals surface area contributed by atoms with Gasteiger partial charge in [0.05, 0.1) is 5.52 Å². The molecule has 0 bridgehead atoms. The van der Waals surface area contributed by atoms with E-state index in [1.54, 1.807) is 0 Å². The lowest BCUT2D eigenvalue weighted by Crippen LogP contribution is -2.15. The molecule has 1 aromatic heterocycles. The van der Waals surface area contributed by atoms with E-state index in [9.17, 15) is 0 Å². The fourth-order valence-corrected chi connectivity index (χ4v) is 2.63. The Morgan fingerprint density at radius 1 is 1.21 bits per heavy atom. The van der Waals surface area contributed by atoms with Crippen LogP contribution in [-0.2, 0) is 13.0 Å². The fourth-order valence-electron chi connectivity index (χ4n) is 2.63. The van der Waals surface area contributed by atoms with Gasteiger partial charge in [-0.2, -0.15) is 0 Å². The average molecular weight is 261 g/mol. The van der Waals surface area contributed by atoms with E-state index in [4.69, 9.17) is 14.6 Å². The van der Waals surface area contributed by atoms with Crippen LogP contribution < -0.4 is 9.47 Å². The summed E-state index contributed by atoms with van der Waals surface area (Å²) in [4.78, 5) is 0. The van der Waals surface area contributed by atoms with E-state index in [0.717, 1.165) is 30.9 Å². The van der Waals surface area contributed by atoms with Crippen LogP contribution in [0.4, 0.5) is 0 Å². The lowest BCUT2D eigenvalue weighted by Gasteiger charge is -2.18. The van der Waals surface area contributed by atoms with Crippen LogP contribution in [0.15, 0.2) is 18.3 Å². The van der Waals surface area contributed by atoms with Crippen molar-refractivity contribution in [2.75, 3.05) is 19.8 Å². The second-order valence-corrected chi connectivity index (χ2v) is 4.78. The summed E-state index contributed by atoms with van der Waals surface area (Å²) in [5, 5.41) is 10.2. The summed E-state index contributed by atoms with van der Waals surface area (Å²) in [6, 6.07) is 4.14. The Bertz CT molecular complexity index is 589. The van der Waals surface area contributed by atoms with Crippen LogP contribution in [0.5, 0.6) is 11.5 Å². The standard InChI is InChI=1S/C15H19NO3/c1-2-16-10-11(4-3-5-17)12-8-14-15(9-13(12)16)19-7-6-18-14/h8-10,17H,2-7H2,1H3. The smallest absolute Gasteiger partial charge is 0.163 e. The van der Waals surface area contributed by atoms with Gasteiger partial charge < -0.3 is 19.1 Å². The van der Waals surface area contributed by atoms with Crippen molar-refractivity contribution in [1.29, 1.82) is 0 Å². The number of hydrogen-bond donors (Lipinski definition) is 1. The monoisotopic (exact) mass is 261 g/mol. The van der Waals surface area contributed by atoms with Gasteiger partial charge in [-0.15, -0.1) is 0 Å². The maximum absolute atomic E-state index is 9.00. The van der Waals surface area contributed by atoms with E-state index in [1.165, 1.54) is 16.5 Å². The number of aliphatic hydroxyl groups excluding tert-OH is 1. The molecule has 3 rings (SSSR count). The number of rotatable bonds is 4. The fraction of sp³-hybridized carbons (Fsp3) is 0.467. The minimum atomic E-state index is 0.226. The molecule has 2 heterocycles. The lowest BCUT2D eigenvalue weighted by atomic mass is 10.1. The van der Waals surface area contributed by atoms with Crippen LogP contribution >= 0.6 is 0 Å². The van der Waals surface area contributed by atoms with E-state index in [1.807, 2.05) is 0 Å². The summed E-state index contributed by atoms with van der Waals surface area (Å²) >= 11 is 0. The Hall–Kier alpha value is -1.68. The molecule has 0 radical (unpaired) electrons. The highest BCUT2D eigenvalue weighted by Gasteiger charge is 2.16. The predicted octanol–water partition coefficient (Wildman–Crippen LogP) is 2.36. The first-order chi connectivity index (χ1) is 9.33. The minimum absolute atomic E-state index is 0.226. The van der Waals surface area contributed by atoms with Crippen LogP contribution in [0.3, 0.4) is 0 Å². The van der Waals surface area contributed by atoms with Gasteiger partial charge in [0.25, 0.3) is 0 Å². The van der Waals surface area contributed by atoms with Gasteiger partial charge in [-0.25, -0.2) is 0 Å². The average Bonchev–Trinajstić information content (AvgIpc) is 2.80. The van der Waals surface area contributed by atoms with Gasteiger partial charge in [0.15, 0.2) is 11.5 Å². The normalized spacial score (nSPS) is 14.0. The molecule has 19 heavy (non-hydrogen) atoms. The zero-order valence-corrected chi connectivity index (χ0v) is 11.2. The molecule has 0 fully saturated rings. The van der Waals surface area contributed by atoms with Gasteiger partial charge in [0.2, 0.25) is 0 Å². The highest BCUT2D eigenvalue weighted by atomic mass is 16.6. The van der Waals surface area contributed by atoms with Crippen LogP contribution in [0, 0.1) is 0 Å². The van der Waals surface area contributed by atoms with Gasteiger partial charge in [0, 0.05) is 30.8 Å². The van der Waals surface area contributed by atoms with Crippen molar-refractivity contribution in [2.24, 2.45) is 0 Å². The van der Waals surface area contributed by atoms with Crippen molar-refractivity contribution < 1.29 is 14.6 Å². The predicted molar refractivity (Wildman–Crippen MR) is 74.0 cm³/mol. The van der Waals surface area contributed by atoms with Gasteiger partial charge in [-0.3, -0.25) is 0 Å². The molecule has 2 aromatic rings. The Balaban J connectivity index is 2.11. The molecule has 0 atom stereocenters. The van der Waals surface area contributed by atoms with E-state index in [2.05, 4.69) is 29.8 Å². The molecule has 102 valence electrons. The number of ether oxygens (including phenoxy) is 2. The van der Waals surface area contributed by atoms with Crippen molar-refractivity contribution in [3.8, 4) is 11.5 Å². The third-order valence-corrected chi connectivity index (χ3v) is 3.57. The van der Waals surface area contributed by atoms with Crippen LogP contribution in [-0.4, -0.2) is 29.5 Å². The molecule has 4 heteroatoms. The highest BCUT2D eigenvalue weighted by molar-refractivity contribution is 5.87. The number of fused-ring (bicyclic) bond motifs is 2. The quantitative estimate of drug-likeness (QED) is 0.918. The molecule has 0 spiro atoms. The number of nitrogens with zero attached hydrogens (tertiary/aromatic N) is 1. The largest absolute Gasteiger partial charge is 0.486 e.